The predicted molar refractivity (Wildman–Crippen MR) is 107 cm³/mol. The Kier molecular flexibility index (Phi) is 3.96. The fraction of sp³-hybridized carbons (Fsp3) is 0.840. The molecule has 27 heavy (non-hydrogen) atoms. The normalized spacial score (nSPS) is 52.7. The van der Waals surface area contributed by atoms with E-state index in [9.17, 15) is 10.1 Å². The molecule has 0 spiro atoms. The van der Waals surface area contributed by atoms with Crippen molar-refractivity contribution in [3.63, 3.8) is 0 Å². The summed E-state index contributed by atoms with van der Waals surface area (Å²) in [7, 11) is 0. The maximum absolute atomic E-state index is 12.1. The summed E-state index contributed by atoms with van der Waals surface area (Å²) in [5.74, 6) is 5.62. The van der Waals surface area contributed by atoms with E-state index in [1.54, 1.807) is 0 Å². The summed E-state index contributed by atoms with van der Waals surface area (Å²) in [4.78, 5) is 12.1. The molecule has 0 aliphatic heterocycles. The lowest BCUT2D eigenvalue weighted by atomic mass is 9.43. The molecule has 0 saturated heterocycles. The zero-order chi connectivity index (χ0) is 19.0. The summed E-state index contributed by atoms with van der Waals surface area (Å²) >= 11 is 0. The van der Waals surface area contributed by atoms with Gasteiger partial charge in [-0.3, -0.25) is 4.79 Å². The molecule has 5 aliphatic rings. The molecule has 2 nitrogen and oxygen atoms in total. The van der Waals surface area contributed by atoms with Gasteiger partial charge >= 0.3 is 0 Å². The van der Waals surface area contributed by atoms with Crippen LogP contribution >= 0.6 is 0 Å². The van der Waals surface area contributed by atoms with E-state index in [0.29, 0.717) is 17.6 Å². The number of fused-ring (bicyclic) bond motifs is 7. The van der Waals surface area contributed by atoms with Gasteiger partial charge in [0.05, 0.1) is 11.5 Å². The van der Waals surface area contributed by atoms with Crippen molar-refractivity contribution in [1.82, 2.24) is 0 Å². The molecule has 0 N–H and O–H groups in total. The van der Waals surface area contributed by atoms with Crippen molar-refractivity contribution in [1.29, 1.82) is 5.26 Å². The number of carbonyl (C=O) groups excluding carboxylic acids is 1. The molecule has 1 unspecified atom stereocenters. The molecule has 4 fully saturated rings. The van der Waals surface area contributed by atoms with Crippen molar-refractivity contribution in [2.75, 3.05) is 0 Å². The van der Waals surface area contributed by atoms with Crippen LogP contribution in [0.1, 0.15) is 78.6 Å². The molecule has 4 saturated carbocycles. The topological polar surface area (TPSA) is 40.9 Å². The van der Waals surface area contributed by atoms with Crippen LogP contribution in [-0.2, 0) is 4.79 Å². The minimum absolute atomic E-state index is 0.0566. The number of rotatable bonds is 3. The number of carbonyl (C=O) groups is 1. The Balaban J connectivity index is 1.59. The molecular formula is C25H35NO. The number of hydrogen-bond donors (Lipinski definition) is 0. The molecule has 0 bridgehead atoms. The van der Waals surface area contributed by atoms with E-state index in [1.807, 2.05) is 6.08 Å². The molecular weight excluding hydrogens is 330 g/mol. The van der Waals surface area contributed by atoms with Crippen LogP contribution in [0.4, 0.5) is 0 Å². The molecule has 9 atom stereocenters. The Morgan fingerprint density at radius 2 is 2.00 bits per heavy atom. The van der Waals surface area contributed by atoms with Gasteiger partial charge in [0, 0.05) is 6.42 Å². The van der Waals surface area contributed by atoms with Crippen LogP contribution in [0.2, 0.25) is 0 Å². The van der Waals surface area contributed by atoms with Gasteiger partial charge in [-0.25, -0.2) is 0 Å². The monoisotopic (exact) mass is 365 g/mol. The van der Waals surface area contributed by atoms with Crippen LogP contribution in [0.15, 0.2) is 11.6 Å². The van der Waals surface area contributed by atoms with Gasteiger partial charge in [0.15, 0.2) is 5.78 Å². The van der Waals surface area contributed by atoms with E-state index in [2.05, 4.69) is 26.8 Å². The second-order valence-corrected chi connectivity index (χ2v) is 10.5. The number of nitrogens with zero attached hydrogens (tertiary/aromatic N) is 1. The highest BCUT2D eigenvalue weighted by molar-refractivity contribution is 5.91. The third-order valence-corrected chi connectivity index (χ3v) is 10.3. The van der Waals surface area contributed by atoms with Gasteiger partial charge in [-0.05, 0) is 97.9 Å². The number of nitriles is 1. The first-order valence-corrected chi connectivity index (χ1v) is 11.7. The van der Waals surface area contributed by atoms with Gasteiger partial charge in [0.1, 0.15) is 0 Å². The van der Waals surface area contributed by atoms with Gasteiger partial charge in [-0.2, -0.15) is 5.26 Å². The van der Waals surface area contributed by atoms with Crippen LogP contribution in [-0.4, -0.2) is 5.78 Å². The standard InChI is InChI=1S/C25H35NO/c1-4-15-11-16-12-17(27)7-8-18(16)19-9-10-24(5-2)23(22(15)19)20-13-21(20)25(24,6-3)14-26/h12,15,18-23H,4-11,13H2,1-3H3/t15-,18-,19+,20+,21-,22+,23-,24-,25?/m0/s1. The van der Waals surface area contributed by atoms with Gasteiger partial charge in [0.2, 0.25) is 0 Å². The molecule has 5 rings (SSSR count). The Hall–Kier alpha value is -1.10. The average molecular weight is 366 g/mol. The first kappa shape index (κ1) is 18.0. The molecule has 0 amide bonds. The van der Waals surface area contributed by atoms with E-state index in [-0.39, 0.29) is 10.8 Å². The number of allylic oxidation sites excluding steroid dienone is 1. The smallest absolute Gasteiger partial charge is 0.155 e. The quantitative estimate of drug-likeness (QED) is 0.622. The van der Waals surface area contributed by atoms with E-state index in [1.165, 1.54) is 37.7 Å². The molecule has 0 aromatic heterocycles. The number of ketones is 1. The summed E-state index contributed by atoms with van der Waals surface area (Å²) < 4.78 is 0. The van der Waals surface area contributed by atoms with Crippen molar-refractivity contribution in [3.05, 3.63) is 11.6 Å². The zero-order valence-corrected chi connectivity index (χ0v) is 17.3. The van der Waals surface area contributed by atoms with Crippen LogP contribution in [0.5, 0.6) is 0 Å². The van der Waals surface area contributed by atoms with Crippen LogP contribution < -0.4 is 0 Å². The first-order valence-electron chi connectivity index (χ1n) is 11.7. The minimum atomic E-state index is -0.0566. The van der Waals surface area contributed by atoms with E-state index < -0.39 is 0 Å². The SMILES string of the molecule is CC[C@H]1CC2=CC(=O)CC[C@@H]2[C@H]2CC[C@@]3(CC)[C@@H]([C@@H]4C[C@@H]4C3(C#N)CC)[C@H]12. The molecule has 0 aromatic rings. The van der Waals surface area contributed by atoms with Gasteiger partial charge in [0.25, 0.3) is 0 Å². The summed E-state index contributed by atoms with van der Waals surface area (Å²) in [5, 5.41) is 10.4. The third kappa shape index (κ3) is 2.05. The Morgan fingerprint density at radius 1 is 1.19 bits per heavy atom. The fourth-order valence-corrected chi connectivity index (χ4v) is 9.33. The van der Waals surface area contributed by atoms with E-state index in [4.69, 9.17) is 0 Å². The lowest BCUT2D eigenvalue weighted by molar-refractivity contribution is -0.118. The minimum Gasteiger partial charge on any atom is -0.295 e. The average Bonchev–Trinajstić information content (AvgIpc) is 3.44. The molecule has 5 aliphatic carbocycles. The summed E-state index contributed by atoms with van der Waals surface area (Å²) in [6.07, 6.45) is 12.4. The second-order valence-electron chi connectivity index (χ2n) is 10.5. The molecule has 0 heterocycles. The lowest BCUT2D eigenvalue weighted by Gasteiger charge is -2.60. The van der Waals surface area contributed by atoms with Crippen LogP contribution in [0.3, 0.4) is 0 Å². The summed E-state index contributed by atoms with van der Waals surface area (Å²) in [5.41, 5.74) is 1.71. The van der Waals surface area contributed by atoms with Crippen LogP contribution in [0, 0.1) is 63.6 Å². The zero-order valence-electron chi connectivity index (χ0n) is 17.3. The van der Waals surface area contributed by atoms with Gasteiger partial charge < -0.3 is 0 Å². The third-order valence-electron chi connectivity index (χ3n) is 10.3. The second kappa shape index (κ2) is 5.95. The molecule has 2 heteroatoms. The summed E-state index contributed by atoms with van der Waals surface area (Å²) in [6.45, 7) is 7.04. The largest absolute Gasteiger partial charge is 0.295 e. The van der Waals surface area contributed by atoms with E-state index >= 15 is 0 Å². The van der Waals surface area contributed by atoms with Crippen LogP contribution in [0.25, 0.3) is 0 Å². The Bertz CT molecular complexity index is 731. The highest BCUT2D eigenvalue weighted by Crippen LogP contribution is 2.81. The van der Waals surface area contributed by atoms with Crippen molar-refractivity contribution < 1.29 is 4.79 Å². The molecule has 0 aromatic carbocycles. The maximum atomic E-state index is 12.1. The molecule has 146 valence electrons. The van der Waals surface area contributed by atoms with Crippen molar-refractivity contribution >= 4 is 5.78 Å². The highest BCUT2D eigenvalue weighted by Gasteiger charge is 2.77. The first-order chi connectivity index (χ1) is 13.1. The lowest BCUT2D eigenvalue weighted by Crippen LogP contribution is -2.54. The number of hydrogen-bond acceptors (Lipinski definition) is 2. The van der Waals surface area contributed by atoms with Crippen molar-refractivity contribution in [3.8, 4) is 6.07 Å². The van der Waals surface area contributed by atoms with Gasteiger partial charge in [-0.15, -0.1) is 0 Å². The predicted octanol–water partition coefficient (Wildman–Crippen LogP) is 5.93. The van der Waals surface area contributed by atoms with E-state index in [0.717, 1.165) is 55.3 Å². The Morgan fingerprint density at radius 3 is 2.67 bits per heavy atom. The van der Waals surface area contributed by atoms with Crippen molar-refractivity contribution in [2.24, 2.45) is 52.3 Å². The van der Waals surface area contributed by atoms with Gasteiger partial charge in [-0.1, -0.05) is 32.8 Å². The van der Waals surface area contributed by atoms with Crippen molar-refractivity contribution in [2.45, 2.75) is 78.6 Å². The summed E-state index contributed by atoms with van der Waals surface area (Å²) in [6, 6.07) is 2.94. The fourth-order valence-electron chi connectivity index (χ4n) is 9.33. The maximum Gasteiger partial charge on any atom is 0.155 e. The Labute approximate surface area is 164 Å². The highest BCUT2D eigenvalue weighted by atomic mass is 16.1. The molecule has 0 radical (unpaired) electrons.